The van der Waals surface area contributed by atoms with Crippen LogP contribution >= 0.6 is 0 Å². The topological polar surface area (TPSA) is 72.5 Å². The van der Waals surface area contributed by atoms with E-state index in [2.05, 4.69) is 5.32 Å². The molecule has 1 aliphatic carbocycles. The van der Waals surface area contributed by atoms with Crippen molar-refractivity contribution >= 4 is 23.3 Å². The lowest BCUT2D eigenvalue weighted by atomic mass is 9.95. The number of rotatable bonds is 5. The van der Waals surface area contributed by atoms with Crippen molar-refractivity contribution in [2.75, 3.05) is 5.32 Å². The van der Waals surface area contributed by atoms with Gasteiger partial charge in [-0.25, -0.2) is 0 Å². The van der Waals surface area contributed by atoms with Gasteiger partial charge in [-0.3, -0.25) is 14.4 Å². The fourth-order valence-electron chi connectivity index (χ4n) is 1.91. The van der Waals surface area contributed by atoms with E-state index in [1.165, 1.54) is 0 Å². The van der Waals surface area contributed by atoms with Gasteiger partial charge in [-0.2, -0.15) is 0 Å². The average molecular weight is 317 g/mol. The minimum Gasteiger partial charge on any atom is -0.454 e. The maximum absolute atomic E-state index is 12.3. The van der Waals surface area contributed by atoms with E-state index >= 15 is 0 Å². The molecule has 0 aliphatic heterocycles. The molecule has 1 aromatic carbocycles. The van der Waals surface area contributed by atoms with E-state index in [1.807, 2.05) is 20.8 Å². The second-order valence-electron chi connectivity index (χ2n) is 7.00. The Labute approximate surface area is 136 Å². The number of hydrogen-bond donors (Lipinski definition) is 1. The molecule has 1 saturated carbocycles. The van der Waals surface area contributed by atoms with E-state index in [0.717, 1.165) is 12.8 Å². The maximum atomic E-state index is 12.3. The van der Waals surface area contributed by atoms with Crippen molar-refractivity contribution in [3.05, 3.63) is 29.8 Å². The Morgan fingerprint density at radius 2 is 1.70 bits per heavy atom. The zero-order valence-corrected chi connectivity index (χ0v) is 14.0. The third kappa shape index (κ3) is 4.65. The molecular weight excluding hydrogens is 294 g/mol. The summed E-state index contributed by atoms with van der Waals surface area (Å²) in [6.07, 6.45) is 0.905. The number of ether oxygens (including phenoxy) is 1. The maximum Gasteiger partial charge on any atom is 0.309 e. The van der Waals surface area contributed by atoms with Crippen molar-refractivity contribution in [1.82, 2.24) is 0 Å². The molecule has 0 spiro atoms. The van der Waals surface area contributed by atoms with Gasteiger partial charge < -0.3 is 10.1 Å². The molecule has 0 radical (unpaired) electrons. The summed E-state index contributed by atoms with van der Waals surface area (Å²) in [6.45, 7) is 7.07. The van der Waals surface area contributed by atoms with Crippen LogP contribution in [-0.2, 0) is 14.3 Å². The highest BCUT2D eigenvalue weighted by Crippen LogP contribution is 2.30. The highest BCUT2D eigenvalue weighted by Gasteiger charge is 2.33. The van der Waals surface area contributed by atoms with Crippen LogP contribution in [-0.4, -0.2) is 23.8 Å². The number of carbonyl (C=O) groups is 3. The molecule has 0 unspecified atom stereocenters. The first-order chi connectivity index (χ1) is 10.7. The van der Waals surface area contributed by atoms with Gasteiger partial charge in [-0.1, -0.05) is 20.8 Å². The van der Waals surface area contributed by atoms with E-state index in [9.17, 15) is 14.4 Å². The molecule has 1 N–H and O–H groups in total. The van der Waals surface area contributed by atoms with E-state index in [1.54, 1.807) is 31.2 Å². The number of amides is 1. The molecule has 1 amide bonds. The number of esters is 1. The number of ketones is 1. The smallest absolute Gasteiger partial charge is 0.309 e. The SMILES string of the molecule is C[C@H](OC(=O)C1CC1)C(=O)c1ccc(NC(=O)C(C)(C)C)cc1. The molecule has 5 nitrogen and oxygen atoms in total. The van der Waals surface area contributed by atoms with Gasteiger partial charge in [-0.15, -0.1) is 0 Å². The fourth-order valence-corrected chi connectivity index (χ4v) is 1.91. The minimum absolute atomic E-state index is 0.0276. The van der Waals surface area contributed by atoms with Crippen molar-refractivity contribution in [2.24, 2.45) is 11.3 Å². The molecule has 0 aromatic heterocycles. The van der Waals surface area contributed by atoms with Crippen LogP contribution in [0.3, 0.4) is 0 Å². The Morgan fingerprint density at radius 3 is 2.17 bits per heavy atom. The van der Waals surface area contributed by atoms with E-state index in [-0.39, 0.29) is 23.6 Å². The third-order valence-electron chi connectivity index (χ3n) is 3.68. The Morgan fingerprint density at radius 1 is 1.13 bits per heavy atom. The summed E-state index contributed by atoms with van der Waals surface area (Å²) >= 11 is 0. The van der Waals surface area contributed by atoms with Gasteiger partial charge in [-0.05, 0) is 44.0 Å². The second-order valence-corrected chi connectivity index (χ2v) is 7.00. The van der Waals surface area contributed by atoms with Crippen molar-refractivity contribution < 1.29 is 19.1 Å². The molecule has 1 aromatic rings. The molecule has 5 heteroatoms. The molecule has 1 fully saturated rings. The summed E-state index contributed by atoms with van der Waals surface area (Å²) in [5.41, 5.74) is 0.596. The van der Waals surface area contributed by atoms with Crippen LogP contribution in [0.25, 0.3) is 0 Å². The van der Waals surface area contributed by atoms with Crippen LogP contribution in [0.5, 0.6) is 0 Å². The van der Waals surface area contributed by atoms with Crippen LogP contribution in [0, 0.1) is 11.3 Å². The molecule has 0 saturated heterocycles. The third-order valence-corrected chi connectivity index (χ3v) is 3.68. The van der Waals surface area contributed by atoms with Crippen LogP contribution in [0.1, 0.15) is 50.9 Å². The van der Waals surface area contributed by atoms with Gasteiger partial charge in [0.25, 0.3) is 0 Å². The summed E-state index contributed by atoms with van der Waals surface area (Å²) in [4.78, 5) is 35.8. The zero-order chi connectivity index (χ0) is 17.2. The van der Waals surface area contributed by atoms with Crippen LogP contribution in [0.15, 0.2) is 24.3 Å². The van der Waals surface area contributed by atoms with Crippen LogP contribution in [0.2, 0.25) is 0 Å². The van der Waals surface area contributed by atoms with Crippen molar-refractivity contribution in [1.29, 1.82) is 0 Å². The molecule has 0 heterocycles. The number of carbonyl (C=O) groups excluding carboxylic acids is 3. The number of anilines is 1. The molecule has 124 valence electrons. The van der Waals surface area contributed by atoms with Crippen molar-refractivity contribution in [3.63, 3.8) is 0 Å². The fraction of sp³-hybridized carbons (Fsp3) is 0.500. The highest BCUT2D eigenvalue weighted by molar-refractivity contribution is 6.01. The number of Topliss-reactive ketones (excluding diaryl/α,β-unsaturated/α-hetero) is 1. The van der Waals surface area contributed by atoms with E-state index in [0.29, 0.717) is 11.3 Å². The molecular formula is C18H23NO4. The van der Waals surface area contributed by atoms with Crippen molar-refractivity contribution in [3.8, 4) is 0 Å². The first kappa shape index (κ1) is 17.2. The van der Waals surface area contributed by atoms with E-state index < -0.39 is 11.5 Å². The number of nitrogens with one attached hydrogen (secondary N) is 1. The largest absolute Gasteiger partial charge is 0.454 e. The zero-order valence-electron chi connectivity index (χ0n) is 14.0. The van der Waals surface area contributed by atoms with Gasteiger partial charge in [0.05, 0.1) is 5.92 Å². The summed E-state index contributed by atoms with van der Waals surface area (Å²) in [7, 11) is 0. The molecule has 0 bridgehead atoms. The first-order valence-electron chi connectivity index (χ1n) is 7.84. The molecule has 1 atom stereocenters. The molecule has 1 aliphatic rings. The number of benzene rings is 1. The van der Waals surface area contributed by atoms with Gasteiger partial charge in [0.1, 0.15) is 0 Å². The van der Waals surface area contributed by atoms with Crippen LogP contribution < -0.4 is 5.32 Å². The summed E-state index contributed by atoms with van der Waals surface area (Å²) < 4.78 is 5.17. The first-order valence-corrected chi connectivity index (χ1v) is 7.84. The minimum atomic E-state index is -0.793. The van der Waals surface area contributed by atoms with Crippen molar-refractivity contribution in [2.45, 2.75) is 46.6 Å². The Balaban J connectivity index is 1.96. The molecule has 23 heavy (non-hydrogen) atoms. The van der Waals surface area contributed by atoms with Gasteiger partial charge in [0.2, 0.25) is 11.7 Å². The Kier molecular flexibility index (Phi) is 4.88. The molecule has 2 rings (SSSR count). The van der Waals surface area contributed by atoms with Crippen LogP contribution in [0.4, 0.5) is 5.69 Å². The average Bonchev–Trinajstić information content (AvgIpc) is 3.30. The standard InChI is InChI=1S/C18H23NO4/c1-11(23-16(21)13-5-6-13)15(20)12-7-9-14(10-8-12)19-17(22)18(2,3)4/h7-11,13H,5-6H2,1-4H3,(H,19,22)/t11-/m0/s1. The number of hydrogen-bond acceptors (Lipinski definition) is 4. The lowest BCUT2D eigenvalue weighted by Crippen LogP contribution is -2.27. The lowest BCUT2D eigenvalue weighted by molar-refractivity contribution is -0.147. The monoisotopic (exact) mass is 317 g/mol. The summed E-state index contributed by atoms with van der Waals surface area (Å²) in [5.74, 6) is -0.656. The second kappa shape index (κ2) is 6.52. The van der Waals surface area contributed by atoms with Gasteiger partial charge in [0.15, 0.2) is 6.10 Å². The quantitative estimate of drug-likeness (QED) is 0.668. The van der Waals surface area contributed by atoms with E-state index in [4.69, 9.17) is 4.74 Å². The van der Waals surface area contributed by atoms with Gasteiger partial charge >= 0.3 is 5.97 Å². The summed E-state index contributed by atoms with van der Waals surface area (Å²) in [6, 6.07) is 6.60. The lowest BCUT2D eigenvalue weighted by Gasteiger charge is -2.18. The van der Waals surface area contributed by atoms with Gasteiger partial charge in [0, 0.05) is 16.7 Å². The normalized spacial score (nSPS) is 15.7. The highest BCUT2D eigenvalue weighted by atomic mass is 16.5. The Hall–Kier alpha value is -2.17. The predicted octanol–water partition coefficient (Wildman–Crippen LogP) is 3.20. The summed E-state index contributed by atoms with van der Waals surface area (Å²) in [5, 5.41) is 2.80. The predicted molar refractivity (Wildman–Crippen MR) is 87.1 cm³/mol. The Bertz CT molecular complexity index is 609.